The SMILES string of the molecule is C=CC(=O)N1CCCC(C(=O)NC2CCCN(c3ccn(C)n3)C2=O)C1. The van der Waals surface area contributed by atoms with Crippen LogP contribution in [0.5, 0.6) is 0 Å². The first-order chi connectivity index (χ1) is 12.5. The molecule has 2 unspecified atom stereocenters. The fraction of sp³-hybridized carbons (Fsp3) is 0.556. The standard InChI is InChI=1S/C18H25N5O3/c1-3-16(24)22-9-4-6-13(12-22)17(25)19-14-7-5-10-23(18(14)26)15-8-11-21(2)20-15/h3,8,11,13-14H,1,4-7,9-10,12H2,2H3,(H,19,25). The lowest BCUT2D eigenvalue weighted by molar-refractivity contribution is -0.135. The number of aromatic nitrogens is 2. The van der Waals surface area contributed by atoms with Crippen molar-refractivity contribution in [1.82, 2.24) is 20.0 Å². The molecule has 140 valence electrons. The number of rotatable bonds is 4. The van der Waals surface area contributed by atoms with Crippen molar-refractivity contribution in [2.24, 2.45) is 13.0 Å². The molecule has 0 spiro atoms. The van der Waals surface area contributed by atoms with Crippen LogP contribution < -0.4 is 10.2 Å². The normalized spacial score (nSPS) is 23.7. The maximum absolute atomic E-state index is 12.8. The summed E-state index contributed by atoms with van der Waals surface area (Å²) in [7, 11) is 1.80. The van der Waals surface area contributed by atoms with Gasteiger partial charge in [0.15, 0.2) is 5.82 Å². The van der Waals surface area contributed by atoms with Gasteiger partial charge in [-0.2, -0.15) is 5.10 Å². The van der Waals surface area contributed by atoms with Crippen molar-refractivity contribution in [3.05, 3.63) is 24.9 Å². The Hall–Kier alpha value is -2.64. The van der Waals surface area contributed by atoms with Gasteiger partial charge in [0, 0.05) is 38.9 Å². The van der Waals surface area contributed by atoms with Crippen LogP contribution >= 0.6 is 0 Å². The highest BCUT2D eigenvalue weighted by Gasteiger charge is 2.34. The van der Waals surface area contributed by atoms with E-state index < -0.39 is 6.04 Å². The molecule has 2 saturated heterocycles. The van der Waals surface area contributed by atoms with E-state index in [9.17, 15) is 14.4 Å². The molecule has 3 rings (SSSR count). The van der Waals surface area contributed by atoms with Crippen molar-refractivity contribution in [2.45, 2.75) is 31.7 Å². The Morgan fingerprint density at radius 3 is 2.77 bits per heavy atom. The summed E-state index contributed by atoms with van der Waals surface area (Å²) < 4.78 is 1.65. The zero-order valence-corrected chi connectivity index (χ0v) is 15.1. The van der Waals surface area contributed by atoms with Crippen molar-refractivity contribution in [1.29, 1.82) is 0 Å². The zero-order valence-electron chi connectivity index (χ0n) is 15.1. The molecule has 2 atom stereocenters. The van der Waals surface area contributed by atoms with Crippen molar-refractivity contribution < 1.29 is 14.4 Å². The first kappa shape index (κ1) is 18.2. The molecule has 2 aliphatic rings. The van der Waals surface area contributed by atoms with Crippen LogP contribution in [-0.2, 0) is 21.4 Å². The fourth-order valence-corrected chi connectivity index (χ4v) is 3.59. The predicted octanol–water partition coefficient (Wildman–Crippen LogP) is 0.456. The molecule has 3 amide bonds. The quantitative estimate of drug-likeness (QED) is 0.791. The third kappa shape index (κ3) is 3.79. The number of likely N-dealkylation sites (tertiary alicyclic amines) is 1. The van der Waals surface area contributed by atoms with Crippen LogP contribution in [0, 0.1) is 5.92 Å². The van der Waals surface area contributed by atoms with Gasteiger partial charge in [0.2, 0.25) is 11.8 Å². The van der Waals surface area contributed by atoms with Gasteiger partial charge in [-0.15, -0.1) is 0 Å². The minimum Gasteiger partial charge on any atom is -0.344 e. The van der Waals surface area contributed by atoms with Gasteiger partial charge in [0.25, 0.3) is 5.91 Å². The number of nitrogens with one attached hydrogen (secondary N) is 1. The molecular weight excluding hydrogens is 334 g/mol. The third-order valence-electron chi connectivity index (χ3n) is 5.01. The van der Waals surface area contributed by atoms with E-state index in [-0.39, 0.29) is 23.6 Å². The average molecular weight is 359 g/mol. The molecular formula is C18H25N5O3. The van der Waals surface area contributed by atoms with E-state index in [0.717, 1.165) is 19.3 Å². The Morgan fingerprint density at radius 2 is 2.08 bits per heavy atom. The van der Waals surface area contributed by atoms with Crippen LogP contribution in [0.1, 0.15) is 25.7 Å². The highest BCUT2D eigenvalue weighted by atomic mass is 16.2. The largest absolute Gasteiger partial charge is 0.344 e. The second-order valence-corrected chi connectivity index (χ2v) is 6.87. The van der Waals surface area contributed by atoms with Gasteiger partial charge < -0.3 is 10.2 Å². The summed E-state index contributed by atoms with van der Waals surface area (Å²) in [5.41, 5.74) is 0. The number of anilines is 1. The number of amides is 3. The molecule has 8 heteroatoms. The van der Waals surface area contributed by atoms with Gasteiger partial charge in [-0.1, -0.05) is 6.58 Å². The van der Waals surface area contributed by atoms with Crippen molar-refractivity contribution in [3.8, 4) is 0 Å². The summed E-state index contributed by atoms with van der Waals surface area (Å²) in [5.74, 6) is -0.119. The van der Waals surface area contributed by atoms with Gasteiger partial charge in [-0.25, -0.2) is 0 Å². The van der Waals surface area contributed by atoms with Crippen LogP contribution in [0.4, 0.5) is 5.82 Å². The van der Waals surface area contributed by atoms with E-state index >= 15 is 0 Å². The number of hydrogen-bond acceptors (Lipinski definition) is 4. The third-order valence-corrected chi connectivity index (χ3v) is 5.01. The molecule has 1 aromatic rings. The lowest BCUT2D eigenvalue weighted by Crippen LogP contribution is -2.55. The van der Waals surface area contributed by atoms with E-state index in [2.05, 4.69) is 17.0 Å². The lowest BCUT2D eigenvalue weighted by atomic mass is 9.95. The number of nitrogens with zero attached hydrogens (tertiary/aromatic N) is 4. The number of aryl methyl sites for hydroxylation is 1. The summed E-state index contributed by atoms with van der Waals surface area (Å²) in [6, 6.07) is 1.26. The van der Waals surface area contributed by atoms with Crippen molar-refractivity contribution in [2.75, 3.05) is 24.5 Å². The Morgan fingerprint density at radius 1 is 1.31 bits per heavy atom. The minimum atomic E-state index is -0.538. The molecule has 26 heavy (non-hydrogen) atoms. The summed E-state index contributed by atoms with van der Waals surface area (Å²) in [6.07, 6.45) is 5.98. The van der Waals surface area contributed by atoms with Crippen molar-refractivity contribution >= 4 is 23.5 Å². The van der Waals surface area contributed by atoms with Gasteiger partial charge in [-0.3, -0.25) is 24.0 Å². The van der Waals surface area contributed by atoms with E-state index in [1.807, 2.05) is 0 Å². The Balaban J connectivity index is 1.62. The predicted molar refractivity (Wildman–Crippen MR) is 96.2 cm³/mol. The second kappa shape index (κ2) is 7.72. The maximum atomic E-state index is 12.8. The van der Waals surface area contributed by atoms with Crippen LogP contribution in [0.3, 0.4) is 0 Å². The number of piperidine rings is 2. The zero-order chi connectivity index (χ0) is 18.7. The summed E-state index contributed by atoms with van der Waals surface area (Å²) in [5, 5.41) is 7.18. The monoisotopic (exact) mass is 359 g/mol. The average Bonchev–Trinajstić information content (AvgIpc) is 3.09. The number of carbonyl (C=O) groups excluding carboxylic acids is 3. The van der Waals surface area contributed by atoms with Crippen LogP contribution in [0.2, 0.25) is 0 Å². The van der Waals surface area contributed by atoms with Gasteiger partial charge in [0.1, 0.15) is 6.04 Å². The summed E-state index contributed by atoms with van der Waals surface area (Å²) >= 11 is 0. The second-order valence-electron chi connectivity index (χ2n) is 6.87. The Kier molecular flexibility index (Phi) is 5.39. The van der Waals surface area contributed by atoms with Gasteiger partial charge in [-0.05, 0) is 31.8 Å². The highest BCUT2D eigenvalue weighted by Crippen LogP contribution is 2.21. The van der Waals surface area contributed by atoms with Crippen LogP contribution in [0.15, 0.2) is 24.9 Å². The smallest absolute Gasteiger partial charge is 0.250 e. The van der Waals surface area contributed by atoms with Crippen LogP contribution in [0.25, 0.3) is 0 Å². The number of hydrogen-bond donors (Lipinski definition) is 1. The molecule has 0 bridgehead atoms. The molecule has 0 saturated carbocycles. The summed E-state index contributed by atoms with van der Waals surface area (Å²) in [4.78, 5) is 40.5. The molecule has 0 radical (unpaired) electrons. The van der Waals surface area contributed by atoms with Gasteiger partial charge in [0.05, 0.1) is 5.92 Å². The Bertz CT molecular complexity index is 713. The fourth-order valence-electron chi connectivity index (χ4n) is 3.59. The molecule has 2 aliphatic heterocycles. The Labute approximate surface area is 152 Å². The maximum Gasteiger partial charge on any atom is 0.250 e. The molecule has 1 aromatic heterocycles. The van der Waals surface area contributed by atoms with Gasteiger partial charge >= 0.3 is 0 Å². The highest BCUT2D eigenvalue weighted by molar-refractivity contribution is 5.99. The minimum absolute atomic E-state index is 0.127. The topological polar surface area (TPSA) is 87.5 Å². The molecule has 3 heterocycles. The molecule has 0 aromatic carbocycles. The van der Waals surface area contributed by atoms with Crippen LogP contribution in [-0.4, -0.2) is 58.1 Å². The van der Waals surface area contributed by atoms with E-state index in [1.165, 1.54) is 6.08 Å². The first-order valence-electron chi connectivity index (χ1n) is 9.02. The molecule has 8 nitrogen and oxygen atoms in total. The molecule has 2 fully saturated rings. The molecule has 0 aliphatic carbocycles. The van der Waals surface area contributed by atoms with E-state index in [4.69, 9.17) is 0 Å². The molecule has 1 N–H and O–H groups in total. The summed E-state index contributed by atoms with van der Waals surface area (Å²) in [6.45, 7) is 5.12. The van der Waals surface area contributed by atoms with E-state index in [1.54, 1.807) is 33.8 Å². The lowest BCUT2D eigenvalue weighted by Gasteiger charge is -2.34. The van der Waals surface area contributed by atoms with Crippen molar-refractivity contribution in [3.63, 3.8) is 0 Å². The first-order valence-corrected chi connectivity index (χ1v) is 9.02. The van der Waals surface area contributed by atoms with E-state index in [0.29, 0.717) is 31.9 Å². The number of carbonyl (C=O) groups is 3.